The Balaban J connectivity index is 1.40. The van der Waals surface area contributed by atoms with Crippen molar-refractivity contribution < 1.29 is 23.5 Å². The highest BCUT2D eigenvalue weighted by Crippen LogP contribution is 2.32. The van der Waals surface area contributed by atoms with E-state index in [4.69, 9.17) is 9.47 Å². The number of carbonyl (C=O) groups excluding carboxylic acids is 2. The summed E-state index contributed by atoms with van der Waals surface area (Å²) in [5.74, 6) is 0.478. The number of benzene rings is 2. The van der Waals surface area contributed by atoms with Gasteiger partial charge < -0.3 is 19.3 Å². The first-order valence-electron chi connectivity index (χ1n) is 8.77. The number of ether oxygens (including phenoxy) is 2. The van der Waals surface area contributed by atoms with E-state index in [0.717, 1.165) is 0 Å². The van der Waals surface area contributed by atoms with Crippen LogP contribution < -0.4 is 9.47 Å². The molecule has 0 N–H and O–H groups in total. The molecule has 0 aliphatic carbocycles. The Bertz CT molecular complexity index is 907. The van der Waals surface area contributed by atoms with Crippen LogP contribution in [0.5, 0.6) is 11.5 Å². The molecule has 7 heteroatoms. The molecule has 0 aromatic heterocycles. The third-order valence-electron chi connectivity index (χ3n) is 4.89. The second kappa shape index (κ2) is 6.90. The van der Waals surface area contributed by atoms with Crippen molar-refractivity contribution in [2.45, 2.75) is 6.92 Å². The zero-order valence-electron chi connectivity index (χ0n) is 14.9. The molecule has 2 aromatic rings. The lowest BCUT2D eigenvalue weighted by atomic mass is 10.1. The zero-order chi connectivity index (χ0) is 19.0. The van der Waals surface area contributed by atoms with Crippen LogP contribution >= 0.6 is 0 Å². The largest absolute Gasteiger partial charge is 0.454 e. The maximum Gasteiger partial charge on any atom is 0.254 e. The van der Waals surface area contributed by atoms with Gasteiger partial charge >= 0.3 is 0 Å². The average molecular weight is 370 g/mol. The number of aryl methyl sites for hydroxylation is 1. The van der Waals surface area contributed by atoms with Gasteiger partial charge in [0.1, 0.15) is 5.82 Å². The van der Waals surface area contributed by atoms with Crippen LogP contribution in [0.3, 0.4) is 0 Å². The van der Waals surface area contributed by atoms with Gasteiger partial charge in [0.25, 0.3) is 11.8 Å². The van der Waals surface area contributed by atoms with E-state index in [2.05, 4.69) is 0 Å². The molecule has 2 amide bonds. The molecule has 0 atom stereocenters. The molecular formula is C20H19FN2O4. The van der Waals surface area contributed by atoms with E-state index in [-0.39, 0.29) is 18.6 Å². The van der Waals surface area contributed by atoms with Gasteiger partial charge in [0.2, 0.25) is 6.79 Å². The van der Waals surface area contributed by atoms with Crippen molar-refractivity contribution in [1.82, 2.24) is 9.80 Å². The van der Waals surface area contributed by atoms with Crippen LogP contribution in [0, 0.1) is 12.7 Å². The summed E-state index contributed by atoms with van der Waals surface area (Å²) in [6, 6.07) is 9.61. The maximum atomic E-state index is 13.7. The minimum Gasteiger partial charge on any atom is -0.454 e. The van der Waals surface area contributed by atoms with Crippen LogP contribution in [0.1, 0.15) is 26.3 Å². The topological polar surface area (TPSA) is 59.1 Å². The first kappa shape index (κ1) is 17.3. The van der Waals surface area contributed by atoms with E-state index < -0.39 is 5.82 Å². The normalized spacial score (nSPS) is 15.8. The SMILES string of the molecule is Cc1ccc(C(=O)N2CCN(C(=O)c3ccc4c(c3)OCO4)CC2)cc1F. The minimum atomic E-state index is -0.391. The summed E-state index contributed by atoms with van der Waals surface area (Å²) in [5, 5.41) is 0. The van der Waals surface area contributed by atoms with Crippen molar-refractivity contribution in [3.63, 3.8) is 0 Å². The highest BCUT2D eigenvalue weighted by atomic mass is 19.1. The summed E-state index contributed by atoms with van der Waals surface area (Å²) in [4.78, 5) is 28.6. The van der Waals surface area contributed by atoms with Gasteiger partial charge in [-0.05, 0) is 42.8 Å². The lowest BCUT2D eigenvalue weighted by Crippen LogP contribution is -2.50. The smallest absolute Gasteiger partial charge is 0.254 e. The van der Waals surface area contributed by atoms with E-state index in [1.165, 1.54) is 6.07 Å². The molecule has 27 heavy (non-hydrogen) atoms. The fourth-order valence-corrected chi connectivity index (χ4v) is 3.23. The quantitative estimate of drug-likeness (QED) is 0.815. The van der Waals surface area contributed by atoms with Crippen molar-refractivity contribution in [2.75, 3.05) is 33.0 Å². The molecule has 2 aliphatic heterocycles. The number of amides is 2. The van der Waals surface area contributed by atoms with Crippen LogP contribution in [0.2, 0.25) is 0 Å². The predicted molar refractivity (Wildman–Crippen MR) is 95.5 cm³/mol. The molecule has 1 fully saturated rings. The van der Waals surface area contributed by atoms with E-state index >= 15 is 0 Å². The first-order chi connectivity index (χ1) is 13.0. The van der Waals surface area contributed by atoms with Crippen LogP contribution in [-0.4, -0.2) is 54.6 Å². The molecule has 4 rings (SSSR count). The third kappa shape index (κ3) is 3.32. The number of nitrogens with zero attached hydrogens (tertiary/aromatic N) is 2. The van der Waals surface area contributed by atoms with Crippen LogP contribution in [-0.2, 0) is 0 Å². The Morgan fingerprint density at radius 2 is 1.41 bits per heavy atom. The van der Waals surface area contributed by atoms with Gasteiger partial charge in [0.05, 0.1) is 0 Å². The number of piperazine rings is 1. The summed E-state index contributed by atoms with van der Waals surface area (Å²) >= 11 is 0. The Morgan fingerprint density at radius 3 is 2.04 bits per heavy atom. The molecule has 0 spiro atoms. The second-order valence-corrected chi connectivity index (χ2v) is 6.62. The van der Waals surface area contributed by atoms with Gasteiger partial charge in [0, 0.05) is 37.3 Å². The molecule has 0 unspecified atom stereocenters. The highest BCUT2D eigenvalue weighted by molar-refractivity contribution is 5.96. The lowest BCUT2D eigenvalue weighted by molar-refractivity contribution is 0.0535. The standard InChI is InChI=1S/C20H19FN2O4/c1-13-2-3-14(10-16(13)21)19(24)22-6-8-23(9-7-22)20(25)15-4-5-17-18(11-15)27-12-26-17/h2-5,10-11H,6-9,12H2,1H3. The molecule has 2 aromatic carbocycles. The Labute approximate surface area is 156 Å². The third-order valence-corrected chi connectivity index (χ3v) is 4.89. The maximum absolute atomic E-state index is 13.7. The number of hydrogen-bond acceptors (Lipinski definition) is 4. The predicted octanol–water partition coefficient (Wildman–Crippen LogP) is 2.46. The summed E-state index contributed by atoms with van der Waals surface area (Å²) in [5.41, 5.74) is 1.36. The zero-order valence-corrected chi connectivity index (χ0v) is 14.9. The monoisotopic (exact) mass is 370 g/mol. The van der Waals surface area contributed by atoms with E-state index in [1.54, 1.807) is 47.1 Å². The Morgan fingerprint density at radius 1 is 0.852 bits per heavy atom. The lowest BCUT2D eigenvalue weighted by Gasteiger charge is -2.35. The van der Waals surface area contributed by atoms with Gasteiger partial charge in [-0.15, -0.1) is 0 Å². The van der Waals surface area contributed by atoms with Gasteiger partial charge in [-0.3, -0.25) is 9.59 Å². The van der Waals surface area contributed by atoms with Crippen LogP contribution in [0.25, 0.3) is 0 Å². The van der Waals surface area contributed by atoms with Crippen LogP contribution in [0.4, 0.5) is 4.39 Å². The number of rotatable bonds is 2. The molecule has 140 valence electrons. The Kier molecular flexibility index (Phi) is 4.43. The minimum absolute atomic E-state index is 0.109. The summed E-state index contributed by atoms with van der Waals surface area (Å²) in [7, 11) is 0. The second-order valence-electron chi connectivity index (χ2n) is 6.62. The number of hydrogen-bond donors (Lipinski definition) is 0. The summed E-state index contributed by atoms with van der Waals surface area (Å²) in [6.45, 7) is 3.48. The van der Waals surface area contributed by atoms with E-state index in [0.29, 0.717) is 54.4 Å². The van der Waals surface area contributed by atoms with Crippen molar-refractivity contribution in [3.8, 4) is 11.5 Å². The van der Waals surface area contributed by atoms with Gasteiger partial charge in [-0.2, -0.15) is 0 Å². The van der Waals surface area contributed by atoms with E-state index in [9.17, 15) is 14.0 Å². The van der Waals surface area contributed by atoms with Crippen LogP contribution in [0.15, 0.2) is 36.4 Å². The fraction of sp³-hybridized carbons (Fsp3) is 0.300. The molecule has 0 bridgehead atoms. The summed E-state index contributed by atoms with van der Waals surface area (Å²) in [6.07, 6.45) is 0. The summed E-state index contributed by atoms with van der Waals surface area (Å²) < 4.78 is 24.3. The molecule has 6 nitrogen and oxygen atoms in total. The van der Waals surface area contributed by atoms with Gasteiger partial charge in [-0.1, -0.05) is 6.07 Å². The van der Waals surface area contributed by atoms with Crippen molar-refractivity contribution in [1.29, 1.82) is 0 Å². The highest BCUT2D eigenvalue weighted by Gasteiger charge is 2.27. The average Bonchev–Trinajstić information content (AvgIpc) is 3.17. The molecule has 0 radical (unpaired) electrons. The number of halogens is 1. The fourth-order valence-electron chi connectivity index (χ4n) is 3.23. The molecule has 2 heterocycles. The first-order valence-corrected chi connectivity index (χ1v) is 8.77. The number of carbonyl (C=O) groups is 2. The number of fused-ring (bicyclic) bond motifs is 1. The Hall–Kier alpha value is -3.09. The molecule has 2 aliphatic rings. The van der Waals surface area contributed by atoms with Crippen molar-refractivity contribution in [2.24, 2.45) is 0 Å². The van der Waals surface area contributed by atoms with E-state index in [1.807, 2.05) is 0 Å². The molecular weight excluding hydrogens is 351 g/mol. The van der Waals surface area contributed by atoms with Gasteiger partial charge in [-0.25, -0.2) is 4.39 Å². The van der Waals surface area contributed by atoms with Crippen molar-refractivity contribution >= 4 is 11.8 Å². The van der Waals surface area contributed by atoms with Gasteiger partial charge in [0.15, 0.2) is 11.5 Å². The molecule has 0 saturated carbocycles. The van der Waals surface area contributed by atoms with Crippen molar-refractivity contribution in [3.05, 3.63) is 58.9 Å². The molecule has 1 saturated heterocycles.